The summed E-state index contributed by atoms with van der Waals surface area (Å²) < 4.78 is 33.5. The van der Waals surface area contributed by atoms with Crippen molar-refractivity contribution in [3.63, 3.8) is 0 Å². The van der Waals surface area contributed by atoms with E-state index in [9.17, 15) is 17.4 Å². The van der Waals surface area contributed by atoms with E-state index >= 15 is 0 Å². The molecular formula is C13H20N2O4S2. The van der Waals surface area contributed by atoms with Gasteiger partial charge in [0.05, 0.1) is 5.75 Å². The van der Waals surface area contributed by atoms with Gasteiger partial charge in [0, 0.05) is 46.4 Å². The number of hydrogen-bond acceptors (Lipinski definition) is 5. The summed E-state index contributed by atoms with van der Waals surface area (Å²) in [5.74, 6) is 0.172. The molecule has 0 heterocycles. The van der Waals surface area contributed by atoms with Crippen molar-refractivity contribution in [2.24, 2.45) is 0 Å². The van der Waals surface area contributed by atoms with E-state index in [2.05, 4.69) is 5.32 Å². The Kier molecular flexibility index (Phi) is 6.83. The van der Waals surface area contributed by atoms with E-state index in [-0.39, 0.29) is 23.8 Å². The van der Waals surface area contributed by atoms with Crippen molar-refractivity contribution < 1.29 is 17.4 Å². The van der Waals surface area contributed by atoms with E-state index in [1.165, 1.54) is 0 Å². The molecule has 1 amide bonds. The zero-order chi connectivity index (χ0) is 15.9. The van der Waals surface area contributed by atoms with Crippen molar-refractivity contribution in [3.05, 3.63) is 24.3 Å². The Balaban J connectivity index is 2.26. The Morgan fingerprint density at radius 2 is 2.05 bits per heavy atom. The summed E-state index contributed by atoms with van der Waals surface area (Å²) >= 11 is 0. The van der Waals surface area contributed by atoms with Crippen LogP contribution in [0.15, 0.2) is 24.3 Å². The molecular weight excluding hydrogens is 312 g/mol. The number of nitrogen functional groups attached to an aromatic ring is 1. The maximum atomic E-state index is 11.7. The van der Waals surface area contributed by atoms with Crippen LogP contribution >= 0.6 is 0 Å². The molecule has 0 aliphatic heterocycles. The van der Waals surface area contributed by atoms with E-state index in [0.717, 1.165) is 6.26 Å². The maximum Gasteiger partial charge on any atom is 0.224 e. The van der Waals surface area contributed by atoms with Crippen molar-refractivity contribution in [1.29, 1.82) is 0 Å². The number of nitrogens with one attached hydrogen (secondary N) is 1. The number of amides is 1. The Bertz CT molecular complexity index is 614. The number of carbonyl (C=O) groups excluding carboxylic acids is 1. The van der Waals surface area contributed by atoms with Crippen LogP contribution in [0.25, 0.3) is 0 Å². The van der Waals surface area contributed by atoms with Crippen molar-refractivity contribution in [3.8, 4) is 0 Å². The van der Waals surface area contributed by atoms with Gasteiger partial charge in [-0.3, -0.25) is 9.00 Å². The summed E-state index contributed by atoms with van der Waals surface area (Å²) in [5, 5.41) is 2.70. The minimum atomic E-state index is -3.09. The fourth-order valence-electron chi connectivity index (χ4n) is 1.58. The minimum Gasteiger partial charge on any atom is -0.399 e. The van der Waals surface area contributed by atoms with Gasteiger partial charge in [-0.15, -0.1) is 0 Å². The summed E-state index contributed by atoms with van der Waals surface area (Å²) in [7, 11) is -4.30. The second kappa shape index (κ2) is 8.14. The molecule has 0 fully saturated rings. The van der Waals surface area contributed by atoms with E-state index in [1.807, 2.05) is 0 Å². The number of carbonyl (C=O) groups is 1. The van der Waals surface area contributed by atoms with Gasteiger partial charge in [0.1, 0.15) is 9.84 Å². The van der Waals surface area contributed by atoms with Gasteiger partial charge in [-0.1, -0.05) is 6.07 Å². The van der Waals surface area contributed by atoms with Crippen LogP contribution in [0.3, 0.4) is 0 Å². The van der Waals surface area contributed by atoms with Crippen molar-refractivity contribution in [2.75, 3.05) is 34.6 Å². The predicted molar refractivity (Wildman–Crippen MR) is 86.3 cm³/mol. The molecule has 3 N–H and O–H groups in total. The molecule has 0 radical (unpaired) electrons. The number of nitrogens with two attached hydrogens (primary N) is 1. The molecule has 0 bridgehead atoms. The van der Waals surface area contributed by atoms with Gasteiger partial charge in [0.25, 0.3) is 0 Å². The van der Waals surface area contributed by atoms with Crippen molar-refractivity contribution in [1.82, 2.24) is 0 Å². The molecule has 8 heteroatoms. The number of benzene rings is 1. The first-order valence-corrected chi connectivity index (χ1v) is 9.99. The van der Waals surface area contributed by atoms with Crippen molar-refractivity contribution in [2.45, 2.75) is 12.8 Å². The first-order chi connectivity index (χ1) is 9.76. The van der Waals surface area contributed by atoms with Gasteiger partial charge in [0.2, 0.25) is 5.91 Å². The van der Waals surface area contributed by atoms with Crippen molar-refractivity contribution >= 4 is 37.9 Å². The van der Waals surface area contributed by atoms with Crippen LogP contribution < -0.4 is 11.1 Å². The first-order valence-electron chi connectivity index (χ1n) is 6.44. The first kappa shape index (κ1) is 17.6. The molecule has 0 saturated heterocycles. The monoisotopic (exact) mass is 332 g/mol. The number of anilines is 2. The zero-order valence-corrected chi connectivity index (χ0v) is 13.5. The zero-order valence-electron chi connectivity index (χ0n) is 11.9. The lowest BCUT2D eigenvalue weighted by atomic mass is 10.2. The van der Waals surface area contributed by atoms with Crippen LogP contribution in [0.2, 0.25) is 0 Å². The molecule has 1 aromatic carbocycles. The summed E-state index contributed by atoms with van der Waals surface area (Å²) in [4.78, 5) is 11.7. The van der Waals surface area contributed by atoms with Gasteiger partial charge < -0.3 is 11.1 Å². The lowest BCUT2D eigenvalue weighted by Gasteiger charge is -2.06. The average molecular weight is 332 g/mol. The molecule has 1 rings (SSSR count). The average Bonchev–Trinajstić information content (AvgIpc) is 2.35. The normalized spacial score (nSPS) is 12.8. The third kappa shape index (κ3) is 8.46. The van der Waals surface area contributed by atoms with Gasteiger partial charge in [0.15, 0.2) is 0 Å². The molecule has 0 aromatic heterocycles. The lowest BCUT2D eigenvalue weighted by molar-refractivity contribution is -0.116. The van der Waals surface area contributed by atoms with Gasteiger partial charge >= 0.3 is 0 Å². The lowest BCUT2D eigenvalue weighted by Crippen LogP contribution is -2.16. The highest BCUT2D eigenvalue weighted by Gasteiger charge is 2.08. The quantitative estimate of drug-likeness (QED) is 0.684. The highest BCUT2D eigenvalue weighted by Crippen LogP contribution is 2.12. The Labute approximate surface area is 127 Å². The Morgan fingerprint density at radius 1 is 1.33 bits per heavy atom. The third-order valence-corrected chi connectivity index (χ3v) is 5.24. The largest absolute Gasteiger partial charge is 0.399 e. The van der Waals surface area contributed by atoms with Gasteiger partial charge in [-0.25, -0.2) is 8.42 Å². The topological polar surface area (TPSA) is 106 Å². The van der Waals surface area contributed by atoms with E-state index < -0.39 is 20.6 Å². The molecule has 6 nitrogen and oxygen atoms in total. The smallest absolute Gasteiger partial charge is 0.224 e. The van der Waals surface area contributed by atoms with Gasteiger partial charge in [-0.05, 0) is 24.6 Å². The highest BCUT2D eigenvalue weighted by molar-refractivity contribution is 7.92. The minimum absolute atomic E-state index is 0.0882. The summed E-state index contributed by atoms with van der Waals surface area (Å²) in [5.41, 5.74) is 6.79. The van der Waals surface area contributed by atoms with Crippen LogP contribution in [0.1, 0.15) is 12.8 Å². The van der Waals surface area contributed by atoms with E-state index in [4.69, 9.17) is 5.73 Å². The van der Waals surface area contributed by atoms with Crippen LogP contribution in [-0.2, 0) is 25.4 Å². The Morgan fingerprint density at radius 3 is 2.67 bits per heavy atom. The van der Waals surface area contributed by atoms with Gasteiger partial charge in [-0.2, -0.15) is 0 Å². The second-order valence-electron chi connectivity index (χ2n) is 4.76. The Hall–Kier alpha value is -1.41. The van der Waals surface area contributed by atoms with Crippen LogP contribution in [0, 0.1) is 0 Å². The molecule has 0 spiro atoms. The number of rotatable bonds is 8. The maximum absolute atomic E-state index is 11.7. The van der Waals surface area contributed by atoms with E-state index in [1.54, 1.807) is 24.3 Å². The number of hydrogen-bond donors (Lipinski definition) is 2. The second-order valence-corrected chi connectivity index (χ2v) is 8.71. The third-order valence-electron chi connectivity index (χ3n) is 2.63. The molecule has 21 heavy (non-hydrogen) atoms. The molecule has 0 aliphatic carbocycles. The number of sulfone groups is 1. The molecule has 0 saturated carbocycles. The summed E-state index contributed by atoms with van der Waals surface area (Å²) in [6.07, 6.45) is 1.80. The van der Waals surface area contributed by atoms with Crippen LogP contribution in [0.4, 0.5) is 11.4 Å². The van der Waals surface area contributed by atoms with Crippen LogP contribution in [-0.4, -0.2) is 42.0 Å². The fraction of sp³-hybridized carbons (Fsp3) is 0.462. The fourth-order valence-corrected chi connectivity index (χ4v) is 4.21. The molecule has 0 aliphatic rings. The standard InChI is InChI=1S/C13H20N2O4S2/c1-21(18,19)9-8-20(17)7-3-6-13(16)15-12-5-2-4-11(14)10-12/h2,4-5,10H,3,6-9,14H2,1H3,(H,15,16). The predicted octanol–water partition coefficient (Wildman–Crippen LogP) is 0.781. The SMILES string of the molecule is CS(=O)(=O)CCS(=O)CCCC(=O)Nc1cccc(N)c1. The van der Waals surface area contributed by atoms with Crippen LogP contribution in [0.5, 0.6) is 0 Å². The molecule has 1 atom stereocenters. The summed E-state index contributed by atoms with van der Waals surface area (Å²) in [6.45, 7) is 0. The molecule has 1 unspecified atom stereocenters. The molecule has 1 aromatic rings. The highest BCUT2D eigenvalue weighted by atomic mass is 32.2. The van der Waals surface area contributed by atoms with E-state index in [0.29, 0.717) is 23.5 Å². The molecule has 118 valence electrons. The summed E-state index contributed by atoms with van der Waals surface area (Å²) in [6, 6.07) is 6.85.